The molecule has 1 aromatic heterocycles. The third kappa shape index (κ3) is 3.96. The SMILES string of the molecule is Cc1nn(C)c(N(C)CC(=O)NCC(C)C)c1CN. The second-order valence-electron chi connectivity index (χ2n) is 5.27. The van der Waals surface area contributed by atoms with Crippen LogP contribution in [-0.2, 0) is 18.4 Å². The summed E-state index contributed by atoms with van der Waals surface area (Å²) >= 11 is 0. The Morgan fingerprint density at radius 1 is 1.53 bits per heavy atom. The Hall–Kier alpha value is -1.56. The monoisotopic (exact) mass is 267 g/mol. The molecule has 19 heavy (non-hydrogen) atoms. The molecule has 0 aliphatic heterocycles. The number of hydrogen-bond donors (Lipinski definition) is 2. The minimum atomic E-state index is 0.0121. The third-order valence-corrected chi connectivity index (χ3v) is 2.97. The molecule has 1 aromatic rings. The molecule has 1 heterocycles. The number of amides is 1. The van der Waals surface area contributed by atoms with Crippen molar-refractivity contribution >= 4 is 11.7 Å². The molecule has 0 bridgehead atoms. The molecular weight excluding hydrogens is 242 g/mol. The molecule has 1 rings (SSSR count). The number of nitrogens with one attached hydrogen (secondary N) is 1. The number of aromatic nitrogens is 2. The molecule has 0 saturated carbocycles. The van der Waals surface area contributed by atoms with Gasteiger partial charge in [0.1, 0.15) is 5.82 Å². The van der Waals surface area contributed by atoms with Crippen molar-refractivity contribution in [3.63, 3.8) is 0 Å². The summed E-state index contributed by atoms with van der Waals surface area (Å²) in [5.41, 5.74) is 7.65. The van der Waals surface area contributed by atoms with Crippen molar-refractivity contribution in [3.8, 4) is 0 Å². The van der Waals surface area contributed by atoms with E-state index in [-0.39, 0.29) is 5.91 Å². The second kappa shape index (κ2) is 6.56. The number of rotatable bonds is 6. The number of carbonyl (C=O) groups is 1. The van der Waals surface area contributed by atoms with Gasteiger partial charge in [-0.15, -0.1) is 0 Å². The van der Waals surface area contributed by atoms with E-state index >= 15 is 0 Å². The van der Waals surface area contributed by atoms with Crippen molar-refractivity contribution < 1.29 is 4.79 Å². The minimum absolute atomic E-state index is 0.0121. The van der Waals surface area contributed by atoms with Crippen LogP contribution in [0.3, 0.4) is 0 Å². The maximum Gasteiger partial charge on any atom is 0.239 e. The van der Waals surface area contributed by atoms with E-state index in [1.165, 1.54) is 0 Å². The Morgan fingerprint density at radius 3 is 2.68 bits per heavy atom. The summed E-state index contributed by atoms with van der Waals surface area (Å²) in [5.74, 6) is 1.37. The second-order valence-corrected chi connectivity index (χ2v) is 5.27. The van der Waals surface area contributed by atoms with Crippen molar-refractivity contribution in [2.45, 2.75) is 27.3 Å². The molecular formula is C13H25N5O. The van der Waals surface area contributed by atoms with Gasteiger partial charge in [-0.3, -0.25) is 9.48 Å². The van der Waals surface area contributed by atoms with E-state index < -0.39 is 0 Å². The highest BCUT2D eigenvalue weighted by Crippen LogP contribution is 2.21. The van der Waals surface area contributed by atoms with Crippen LogP contribution in [-0.4, -0.2) is 35.8 Å². The van der Waals surface area contributed by atoms with E-state index in [9.17, 15) is 4.79 Å². The van der Waals surface area contributed by atoms with Gasteiger partial charge in [-0.05, 0) is 12.8 Å². The fourth-order valence-corrected chi connectivity index (χ4v) is 2.07. The highest BCUT2D eigenvalue weighted by Gasteiger charge is 2.17. The molecule has 0 atom stereocenters. The fourth-order valence-electron chi connectivity index (χ4n) is 2.07. The summed E-state index contributed by atoms with van der Waals surface area (Å²) in [6.45, 7) is 7.49. The van der Waals surface area contributed by atoms with Gasteiger partial charge < -0.3 is 16.0 Å². The standard InChI is InChI=1S/C13H25N5O/c1-9(2)7-15-12(19)8-17(4)13-11(6-14)10(3)16-18(13)5/h9H,6-8,14H2,1-5H3,(H,15,19). The molecule has 3 N–H and O–H groups in total. The number of likely N-dealkylation sites (N-methyl/N-ethyl adjacent to an activating group) is 1. The van der Waals surface area contributed by atoms with Crippen LogP contribution in [0, 0.1) is 12.8 Å². The summed E-state index contributed by atoms with van der Waals surface area (Å²) in [6, 6.07) is 0. The lowest BCUT2D eigenvalue weighted by Crippen LogP contribution is -2.37. The van der Waals surface area contributed by atoms with Crippen molar-refractivity contribution in [1.29, 1.82) is 0 Å². The summed E-state index contributed by atoms with van der Waals surface area (Å²) in [6.07, 6.45) is 0. The maximum absolute atomic E-state index is 11.8. The van der Waals surface area contributed by atoms with Crippen molar-refractivity contribution in [1.82, 2.24) is 15.1 Å². The van der Waals surface area contributed by atoms with Crippen LogP contribution in [0.4, 0.5) is 5.82 Å². The van der Waals surface area contributed by atoms with E-state index in [0.29, 0.717) is 25.6 Å². The number of nitrogens with two attached hydrogens (primary N) is 1. The summed E-state index contributed by atoms with van der Waals surface area (Å²) < 4.78 is 1.77. The van der Waals surface area contributed by atoms with Gasteiger partial charge in [0.2, 0.25) is 5.91 Å². The molecule has 6 nitrogen and oxygen atoms in total. The lowest BCUT2D eigenvalue weighted by atomic mass is 10.2. The molecule has 0 aromatic carbocycles. The number of aryl methyl sites for hydroxylation is 2. The number of carbonyl (C=O) groups excluding carboxylic acids is 1. The van der Waals surface area contributed by atoms with Gasteiger partial charge in [0.15, 0.2) is 0 Å². The Kier molecular flexibility index (Phi) is 5.35. The van der Waals surface area contributed by atoms with Crippen molar-refractivity contribution in [2.24, 2.45) is 18.7 Å². The zero-order valence-corrected chi connectivity index (χ0v) is 12.5. The quantitative estimate of drug-likeness (QED) is 0.782. The molecule has 0 fully saturated rings. The summed E-state index contributed by atoms with van der Waals surface area (Å²) in [7, 11) is 3.74. The third-order valence-electron chi connectivity index (χ3n) is 2.97. The van der Waals surface area contributed by atoms with Gasteiger partial charge in [0.05, 0.1) is 12.2 Å². The first kappa shape index (κ1) is 15.5. The zero-order valence-electron chi connectivity index (χ0n) is 12.5. The average molecular weight is 267 g/mol. The number of nitrogens with zero attached hydrogens (tertiary/aromatic N) is 3. The summed E-state index contributed by atoms with van der Waals surface area (Å²) in [4.78, 5) is 13.7. The Balaban J connectivity index is 2.73. The molecule has 0 saturated heterocycles. The Labute approximate surface area is 114 Å². The van der Waals surface area contributed by atoms with Gasteiger partial charge >= 0.3 is 0 Å². The first-order valence-corrected chi connectivity index (χ1v) is 6.57. The Morgan fingerprint density at radius 2 is 2.16 bits per heavy atom. The van der Waals surface area contributed by atoms with Gasteiger partial charge in [-0.2, -0.15) is 5.10 Å². The molecule has 0 aliphatic rings. The van der Waals surface area contributed by atoms with E-state index in [0.717, 1.165) is 17.1 Å². The predicted molar refractivity (Wildman–Crippen MR) is 77.0 cm³/mol. The van der Waals surface area contributed by atoms with E-state index in [1.807, 2.05) is 25.9 Å². The largest absolute Gasteiger partial charge is 0.354 e. The van der Waals surface area contributed by atoms with Crippen LogP contribution in [0.5, 0.6) is 0 Å². The van der Waals surface area contributed by atoms with Crippen LogP contribution in [0.25, 0.3) is 0 Å². The topological polar surface area (TPSA) is 76.2 Å². The molecule has 0 aliphatic carbocycles. The smallest absolute Gasteiger partial charge is 0.239 e. The minimum Gasteiger partial charge on any atom is -0.354 e. The highest BCUT2D eigenvalue weighted by atomic mass is 16.2. The molecule has 6 heteroatoms. The first-order chi connectivity index (χ1) is 8.86. The zero-order chi connectivity index (χ0) is 14.6. The fraction of sp³-hybridized carbons (Fsp3) is 0.692. The predicted octanol–water partition coefficient (Wildman–Crippen LogP) is 0.396. The van der Waals surface area contributed by atoms with Gasteiger partial charge in [-0.25, -0.2) is 0 Å². The summed E-state index contributed by atoms with van der Waals surface area (Å²) in [5, 5.41) is 7.25. The van der Waals surface area contributed by atoms with E-state index in [1.54, 1.807) is 4.68 Å². The van der Waals surface area contributed by atoms with Gasteiger partial charge in [0, 0.05) is 32.7 Å². The van der Waals surface area contributed by atoms with Crippen LogP contribution in [0.15, 0.2) is 0 Å². The van der Waals surface area contributed by atoms with Crippen LogP contribution < -0.4 is 16.0 Å². The normalized spacial score (nSPS) is 10.9. The van der Waals surface area contributed by atoms with E-state index in [4.69, 9.17) is 5.73 Å². The molecule has 1 amide bonds. The molecule has 108 valence electrons. The molecule has 0 spiro atoms. The van der Waals surface area contributed by atoms with Gasteiger partial charge in [-0.1, -0.05) is 13.8 Å². The van der Waals surface area contributed by atoms with Gasteiger partial charge in [0.25, 0.3) is 0 Å². The van der Waals surface area contributed by atoms with Crippen molar-refractivity contribution in [2.75, 3.05) is 25.0 Å². The highest BCUT2D eigenvalue weighted by molar-refractivity contribution is 5.81. The van der Waals surface area contributed by atoms with Crippen molar-refractivity contribution in [3.05, 3.63) is 11.3 Å². The maximum atomic E-state index is 11.8. The van der Waals surface area contributed by atoms with E-state index in [2.05, 4.69) is 24.3 Å². The lowest BCUT2D eigenvalue weighted by molar-refractivity contribution is -0.119. The van der Waals surface area contributed by atoms with Crippen LogP contribution >= 0.6 is 0 Å². The van der Waals surface area contributed by atoms with Crippen LogP contribution in [0.2, 0.25) is 0 Å². The van der Waals surface area contributed by atoms with Crippen LogP contribution in [0.1, 0.15) is 25.1 Å². The average Bonchev–Trinajstić information content (AvgIpc) is 2.60. The lowest BCUT2D eigenvalue weighted by Gasteiger charge is -2.20. The Bertz CT molecular complexity index is 438. The number of anilines is 1. The molecule has 0 radical (unpaired) electrons. The molecule has 0 unspecified atom stereocenters. The first-order valence-electron chi connectivity index (χ1n) is 6.57. The number of hydrogen-bond acceptors (Lipinski definition) is 4.